The normalized spacial score (nSPS) is 16.1. The Bertz CT molecular complexity index is 749. The zero-order valence-corrected chi connectivity index (χ0v) is 13.9. The van der Waals surface area contributed by atoms with E-state index in [1.165, 1.54) is 0 Å². The van der Waals surface area contributed by atoms with Crippen LogP contribution >= 0.6 is 0 Å². The Morgan fingerprint density at radius 2 is 2.04 bits per heavy atom. The Morgan fingerprint density at radius 1 is 1.29 bits per heavy atom. The summed E-state index contributed by atoms with van der Waals surface area (Å²) in [5.41, 5.74) is 2.17. The minimum atomic E-state index is -0.551. The first kappa shape index (κ1) is 16.3. The van der Waals surface area contributed by atoms with Gasteiger partial charge in [-0.1, -0.05) is 12.8 Å². The van der Waals surface area contributed by atoms with E-state index in [2.05, 4.69) is 20.9 Å². The minimum Gasteiger partial charge on any atom is -0.441 e. The average Bonchev–Trinajstić information content (AvgIpc) is 3.14. The summed E-state index contributed by atoms with van der Waals surface area (Å²) in [6.45, 7) is 3.49. The third kappa shape index (κ3) is 3.84. The lowest BCUT2D eigenvalue weighted by atomic mass is 10.2. The molecule has 7 heteroatoms. The fourth-order valence-corrected chi connectivity index (χ4v) is 2.96. The van der Waals surface area contributed by atoms with Gasteiger partial charge >= 0.3 is 6.03 Å². The summed E-state index contributed by atoms with van der Waals surface area (Å²) in [6.07, 6.45) is 4.21. The molecule has 0 saturated heterocycles. The van der Waals surface area contributed by atoms with Crippen LogP contribution in [0.25, 0.3) is 11.1 Å². The molecule has 1 aromatic carbocycles. The molecule has 1 heterocycles. The number of rotatable bonds is 4. The highest BCUT2D eigenvalue weighted by atomic mass is 16.3. The first-order valence-corrected chi connectivity index (χ1v) is 8.26. The van der Waals surface area contributed by atoms with Crippen molar-refractivity contribution in [3.63, 3.8) is 0 Å². The van der Waals surface area contributed by atoms with Gasteiger partial charge in [0, 0.05) is 18.7 Å². The Morgan fingerprint density at radius 3 is 2.79 bits per heavy atom. The number of oxazole rings is 1. The molecule has 1 unspecified atom stereocenters. The minimum absolute atomic E-state index is 0.180. The van der Waals surface area contributed by atoms with Crippen LogP contribution in [0.3, 0.4) is 0 Å². The van der Waals surface area contributed by atoms with Gasteiger partial charge in [-0.3, -0.25) is 10.1 Å². The number of aromatic nitrogens is 1. The zero-order valence-electron chi connectivity index (χ0n) is 13.9. The maximum absolute atomic E-state index is 12.1. The number of anilines is 1. The van der Waals surface area contributed by atoms with Gasteiger partial charge in [-0.25, -0.2) is 9.78 Å². The van der Waals surface area contributed by atoms with Gasteiger partial charge in [-0.15, -0.1) is 0 Å². The highest BCUT2D eigenvalue weighted by Gasteiger charge is 2.20. The topological polar surface area (TPSA) is 96.3 Å². The number of urea groups is 1. The van der Waals surface area contributed by atoms with Gasteiger partial charge in [0.15, 0.2) is 11.5 Å². The molecule has 0 bridgehead atoms. The zero-order chi connectivity index (χ0) is 17.1. The van der Waals surface area contributed by atoms with E-state index in [1.807, 2.05) is 12.1 Å². The first-order valence-electron chi connectivity index (χ1n) is 8.26. The number of imide groups is 1. The summed E-state index contributed by atoms with van der Waals surface area (Å²) >= 11 is 0. The van der Waals surface area contributed by atoms with Crippen molar-refractivity contribution in [2.24, 2.45) is 0 Å². The van der Waals surface area contributed by atoms with Crippen LogP contribution in [-0.4, -0.2) is 29.0 Å². The van der Waals surface area contributed by atoms with Gasteiger partial charge < -0.3 is 15.1 Å². The number of carbonyl (C=O) groups is 2. The van der Waals surface area contributed by atoms with Gasteiger partial charge in [-0.05, 0) is 38.0 Å². The monoisotopic (exact) mass is 330 g/mol. The maximum Gasteiger partial charge on any atom is 0.321 e. The molecule has 1 atom stereocenters. The number of nitrogens with one attached hydrogen (secondary N) is 3. The SMILES string of the molecule is Cc1nc2cc(NC(C)C(=O)NC(=O)NC3CCCC3)ccc2o1. The van der Waals surface area contributed by atoms with Crippen molar-refractivity contribution in [3.05, 3.63) is 24.1 Å². The third-order valence-corrected chi connectivity index (χ3v) is 4.20. The number of hydrogen-bond donors (Lipinski definition) is 3. The van der Waals surface area contributed by atoms with Crippen molar-refractivity contribution in [3.8, 4) is 0 Å². The van der Waals surface area contributed by atoms with Crippen molar-refractivity contribution >= 4 is 28.7 Å². The van der Waals surface area contributed by atoms with Gasteiger partial charge in [0.2, 0.25) is 5.91 Å². The fourth-order valence-electron chi connectivity index (χ4n) is 2.96. The van der Waals surface area contributed by atoms with Crippen molar-refractivity contribution in [2.75, 3.05) is 5.32 Å². The third-order valence-electron chi connectivity index (χ3n) is 4.20. The van der Waals surface area contributed by atoms with Gasteiger partial charge in [-0.2, -0.15) is 0 Å². The van der Waals surface area contributed by atoms with E-state index in [0.717, 1.165) is 36.9 Å². The Labute approximate surface area is 140 Å². The molecule has 1 saturated carbocycles. The standard InChI is InChI=1S/C17H22N4O3/c1-10(16(22)21-17(23)20-12-5-3-4-6-12)18-13-7-8-15-14(9-13)19-11(2)24-15/h7-10,12,18H,3-6H2,1-2H3,(H2,20,21,22,23). The second kappa shape index (κ2) is 6.90. The molecule has 3 rings (SSSR count). The summed E-state index contributed by atoms with van der Waals surface area (Å²) in [4.78, 5) is 28.2. The number of nitrogens with zero attached hydrogens (tertiary/aromatic N) is 1. The van der Waals surface area contributed by atoms with E-state index in [0.29, 0.717) is 11.5 Å². The molecular weight excluding hydrogens is 308 g/mol. The predicted molar refractivity (Wildman–Crippen MR) is 90.8 cm³/mol. The van der Waals surface area contributed by atoms with E-state index in [1.54, 1.807) is 19.9 Å². The Kier molecular flexibility index (Phi) is 4.69. The van der Waals surface area contributed by atoms with Gasteiger partial charge in [0.25, 0.3) is 0 Å². The van der Waals surface area contributed by atoms with Gasteiger partial charge in [0.05, 0.1) is 0 Å². The molecule has 0 aliphatic heterocycles. The summed E-state index contributed by atoms with van der Waals surface area (Å²) in [5, 5.41) is 8.29. The smallest absolute Gasteiger partial charge is 0.321 e. The second-order valence-electron chi connectivity index (χ2n) is 6.23. The number of amides is 3. The van der Waals surface area contributed by atoms with Crippen LogP contribution < -0.4 is 16.0 Å². The molecule has 128 valence electrons. The fraction of sp³-hybridized carbons (Fsp3) is 0.471. The predicted octanol–water partition coefficient (Wildman–Crippen LogP) is 2.71. The first-order chi connectivity index (χ1) is 11.5. The molecule has 1 aliphatic rings. The maximum atomic E-state index is 12.1. The van der Waals surface area contributed by atoms with Crippen molar-refractivity contribution in [1.82, 2.24) is 15.6 Å². The van der Waals surface area contributed by atoms with Gasteiger partial charge in [0.1, 0.15) is 11.6 Å². The molecular formula is C17H22N4O3. The number of aryl methyl sites for hydroxylation is 1. The highest BCUT2D eigenvalue weighted by Crippen LogP contribution is 2.20. The molecule has 0 spiro atoms. The van der Waals surface area contributed by atoms with Crippen LogP contribution in [0.2, 0.25) is 0 Å². The number of benzene rings is 1. The van der Waals surface area contributed by atoms with Crippen LogP contribution in [0.15, 0.2) is 22.6 Å². The molecule has 7 nitrogen and oxygen atoms in total. The summed E-state index contributed by atoms with van der Waals surface area (Å²) < 4.78 is 5.42. The summed E-state index contributed by atoms with van der Waals surface area (Å²) in [6, 6.07) is 4.63. The molecule has 1 fully saturated rings. The molecule has 1 aliphatic carbocycles. The molecule has 2 aromatic rings. The van der Waals surface area contributed by atoms with E-state index >= 15 is 0 Å². The molecule has 24 heavy (non-hydrogen) atoms. The summed E-state index contributed by atoms with van der Waals surface area (Å²) in [5.74, 6) is 0.221. The van der Waals surface area contributed by atoms with Crippen LogP contribution in [0.4, 0.5) is 10.5 Å². The number of hydrogen-bond acceptors (Lipinski definition) is 5. The van der Waals surface area contributed by atoms with E-state index in [4.69, 9.17) is 4.42 Å². The van der Waals surface area contributed by atoms with E-state index in [-0.39, 0.29) is 11.9 Å². The lowest BCUT2D eigenvalue weighted by molar-refractivity contribution is -0.120. The average molecular weight is 330 g/mol. The lowest BCUT2D eigenvalue weighted by Gasteiger charge is -2.16. The van der Waals surface area contributed by atoms with Crippen molar-refractivity contribution in [2.45, 2.75) is 51.6 Å². The van der Waals surface area contributed by atoms with Crippen LogP contribution in [0.5, 0.6) is 0 Å². The Balaban J connectivity index is 1.55. The molecule has 3 amide bonds. The van der Waals surface area contributed by atoms with Crippen LogP contribution in [-0.2, 0) is 4.79 Å². The summed E-state index contributed by atoms with van der Waals surface area (Å²) in [7, 11) is 0. The van der Waals surface area contributed by atoms with E-state index in [9.17, 15) is 9.59 Å². The van der Waals surface area contributed by atoms with E-state index < -0.39 is 12.1 Å². The number of carbonyl (C=O) groups excluding carboxylic acids is 2. The second-order valence-corrected chi connectivity index (χ2v) is 6.23. The van der Waals surface area contributed by atoms with Crippen LogP contribution in [0, 0.1) is 6.92 Å². The van der Waals surface area contributed by atoms with Crippen molar-refractivity contribution in [1.29, 1.82) is 0 Å². The molecule has 1 aromatic heterocycles. The molecule has 0 radical (unpaired) electrons. The van der Waals surface area contributed by atoms with Crippen LogP contribution in [0.1, 0.15) is 38.5 Å². The van der Waals surface area contributed by atoms with Crippen molar-refractivity contribution < 1.29 is 14.0 Å². The Hall–Kier alpha value is -2.57. The quantitative estimate of drug-likeness (QED) is 0.801. The lowest BCUT2D eigenvalue weighted by Crippen LogP contribution is -2.48. The number of fused-ring (bicyclic) bond motifs is 1. The largest absolute Gasteiger partial charge is 0.441 e. The molecule has 3 N–H and O–H groups in total. The highest BCUT2D eigenvalue weighted by molar-refractivity contribution is 5.98.